The van der Waals surface area contributed by atoms with Gasteiger partial charge in [0.05, 0.1) is 11.9 Å². The van der Waals surface area contributed by atoms with Gasteiger partial charge in [-0.05, 0) is 50.8 Å². The highest BCUT2D eigenvalue weighted by atomic mass is 32.1. The van der Waals surface area contributed by atoms with Gasteiger partial charge in [0.2, 0.25) is 10.1 Å². The molecule has 0 radical (unpaired) electrons. The molecular formula is C20H22F3N5OS. The maximum atomic E-state index is 12.5. The average Bonchev–Trinajstić information content (AvgIpc) is 3.34. The number of fused-ring (bicyclic) bond motifs is 1. The molecule has 2 aromatic heterocycles. The minimum absolute atomic E-state index is 0.260. The largest absolute Gasteiger partial charge is 0.573 e. The van der Waals surface area contributed by atoms with Crippen LogP contribution in [-0.4, -0.2) is 46.1 Å². The fraction of sp³-hybridized carbons (Fsp3) is 0.500. The molecule has 160 valence electrons. The fourth-order valence-electron chi connectivity index (χ4n) is 4.49. The zero-order chi connectivity index (χ0) is 20.8. The van der Waals surface area contributed by atoms with Gasteiger partial charge in [0, 0.05) is 24.2 Å². The van der Waals surface area contributed by atoms with Crippen molar-refractivity contribution in [2.24, 2.45) is 0 Å². The van der Waals surface area contributed by atoms with E-state index in [1.165, 1.54) is 48.8 Å². The van der Waals surface area contributed by atoms with Gasteiger partial charge < -0.3 is 15.0 Å². The Morgan fingerprint density at radius 1 is 1.13 bits per heavy atom. The lowest BCUT2D eigenvalue weighted by atomic mass is 9.89. The lowest BCUT2D eigenvalue weighted by molar-refractivity contribution is -0.274. The molecule has 1 unspecified atom stereocenters. The summed E-state index contributed by atoms with van der Waals surface area (Å²) in [6, 6.07) is 5.84. The normalized spacial score (nSPS) is 22.7. The van der Waals surface area contributed by atoms with Crippen molar-refractivity contribution in [3.05, 3.63) is 30.5 Å². The van der Waals surface area contributed by atoms with Crippen molar-refractivity contribution >= 4 is 21.4 Å². The highest BCUT2D eigenvalue weighted by Crippen LogP contribution is 2.34. The Morgan fingerprint density at radius 2 is 2.00 bits per heavy atom. The van der Waals surface area contributed by atoms with E-state index < -0.39 is 6.36 Å². The van der Waals surface area contributed by atoms with Crippen LogP contribution in [0, 0.1) is 0 Å². The van der Waals surface area contributed by atoms with Crippen molar-refractivity contribution in [2.75, 3.05) is 24.5 Å². The summed E-state index contributed by atoms with van der Waals surface area (Å²) < 4.78 is 43.2. The van der Waals surface area contributed by atoms with Crippen molar-refractivity contribution in [3.63, 3.8) is 0 Å². The van der Waals surface area contributed by atoms with Crippen LogP contribution in [0.25, 0.3) is 16.2 Å². The van der Waals surface area contributed by atoms with Crippen molar-refractivity contribution < 1.29 is 17.9 Å². The molecule has 0 amide bonds. The highest BCUT2D eigenvalue weighted by Gasteiger charge is 2.35. The second-order valence-corrected chi connectivity index (χ2v) is 8.90. The number of ether oxygens (including phenoxy) is 1. The molecule has 0 bridgehead atoms. The van der Waals surface area contributed by atoms with Crippen LogP contribution in [0.3, 0.4) is 0 Å². The molecule has 2 aliphatic rings. The van der Waals surface area contributed by atoms with Crippen LogP contribution in [-0.2, 0) is 0 Å². The molecule has 1 aromatic carbocycles. The maximum absolute atomic E-state index is 12.5. The Hall–Kier alpha value is -2.33. The number of benzene rings is 1. The third kappa shape index (κ3) is 3.98. The van der Waals surface area contributed by atoms with E-state index in [0.717, 1.165) is 42.6 Å². The van der Waals surface area contributed by atoms with Gasteiger partial charge in [-0.25, -0.2) is 9.50 Å². The molecule has 1 spiro atoms. The molecule has 2 aliphatic heterocycles. The summed E-state index contributed by atoms with van der Waals surface area (Å²) in [5.41, 5.74) is 1.42. The number of alkyl halides is 3. The van der Waals surface area contributed by atoms with Crippen LogP contribution in [0.5, 0.6) is 5.75 Å². The molecule has 0 aliphatic carbocycles. The molecule has 3 aromatic rings. The first-order chi connectivity index (χ1) is 14.4. The first kappa shape index (κ1) is 19.6. The van der Waals surface area contributed by atoms with Gasteiger partial charge in [0.15, 0.2) is 0 Å². The third-order valence-corrected chi connectivity index (χ3v) is 6.93. The van der Waals surface area contributed by atoms with Gasteiger partial charge in [0.1, 0.15) is 5.75 Å². The molecule has 2 saturated heterocycles. The number of hydrogen-bond acceptors (Lipinski definition) is 6. The Morgan fingerprint density at radius 3 is 2.77 bits per heavy atom. The van der Waals surface area contributed by atoms with E-state index in [0.29, 0.717) is 16.8 Å². The highest BCUT2D eigenvalue weighted by molar-refractivity contribution is 7.20. The molecule has 4 heterocycles. The van der Waals surface area contributed by atoms with E-state index >= 15 is 0 Å². The van der Waals surface area contributed by atoms with Gasteiger partial charge in [0.25, 0.3) is 0 Å². The van der Waals surface area contributed by atoms with Crippen LogP contribution in [0.2, 0.25) is 0 Å². The maximum Gasteiger partial charge on any atom is 0.573 e. The van der Waals surface area contributed by atoms with Crippen molar-refractivity contribution in [2.45, 2.75) is 44.0 Å². The van der Waals surface area contributed by atoms with Gasteiger partial charge in [-0.2, -0.15) is 0 Å². The molecular weight excluding hydrogens is 415 g/mol. The Kier molecular flexibility index (Phi) is 4.85. The number of imidazole rings is 1. The van der Waals surface area contributed by atoms with E-state index in [2.05, 4.69) is 25.0 Å². The van der Waals surface area contributed by atoms with Crippen molar-refractivity contribution in [1.82, 2.24) is 19.9 Å². The Bertz CT molecular complexity index is 1010. The summed E-state index contributed by atoms with van der Waals surface area (Å²) in [5, 5.41) is 9.33. The first-order valence-corrected chi connectivity index (χ1v) is 10.9. The number of anilines is 1. The summed E-state index contributed by atoms with van der Waals surface area (Å²) in [7, 11) is 0. The Labute approximate surface area is 175 Å². The number of nitrogens with one attached hydrogen (secondary N) is 1. The van der Waals surface area contributed by atoms with Gasteiger partial charge >= 0.3 is 6.36 Å². The van der Waals surface area contributed by atoms with Crippen molar-refractivity contribution in [3.8, 4) is 17.0 Å². The van der Waals surface area contributed by atoms with Crippen LogP contribution < -0.4 is 15.0 Å². The average molecular weight is 437 g/mol. The minimum atomic E-state index is -4.72. The zero-order valence-electron chi connectivity index (χ0n) is 16.3. The molecule has 1 N–H and O–H groups in total. The third-order valence-electron chi connectivity index (χ3n) is 5.94. The van der Waals surface area contributed by atoms with Crippen molar-refractivity contribution in [1.29, 1.82) is 0 Å². The zero-order valence-corrected chi connectivity index (χ0v) is 17.1. The topological polar surface area (TPSA) is 54.7 Å². The summed E-state index contributed by atoms with van der Waals surface area (Å²) in [5.74, 6) is -0.260. The van der Waals surface area contributed by atoms with E-state index in [9.17, 15) is 13.2 Å². The summed E-state index contributed by atoms with van der Waals surface area (Å²) in [4.78, 5) is 7.62. The number of aromatic nitrogens is 3. The summed E-state index contributed by atoms with van der Waals surface area (Å²) in [6.45, 7) is 3.06. The van der Waals surface area contributed by atoms with Crippen LogP contribution in [0.1, 0.15) is 32.1 Å². The minimum Gasteiger partial charge on any atom is -0.406 e. The van der Waals surface area contributed by atoms with E-state index in [-0.39, 0.29) is 5.75 Å². The number of nitrogens with zero attached hydrogens (tertiary/aromatic N) is 4. The number of halogens is 3. The predicted molar refractivity (Wildman–Crippen MR) is 109 cm³/mol. The first-order valence-electron chi connectivity index (χ1n) is 10.1. The lowest BCUT2D eigenvalue weighted by Crippen LogP contribution is -2.40. The second-order valence-electron chi connectivity index (χ2n) is 7.96. The van der Waals surface area contributed by atoms with Gasteiger partial charge in [-0.15, -0.1) is 18.3 Å². The fourth-order valence-corrected chi connectivity index (χ4v) is 5.42. The summed E-state index contributed by atoms with van der Waals surface area (Å²) in [6.07, 6.45) is 2.99. The van der Waals surface area contributed by atoms with E-state index in [1.807, 2.05) is 0 Å². The van der Waals surface area contributed by atoms with Gasteiger partial charge in [-0.1, -0.05) is 23.5 Å². The lowest BCUT2D eigenvalue weighted by Gasteiger charge is -2.28. The van der Waals surface area contributed by atoms with Gasteiger partial charge in [-0.3, -0.25) is 0 Å². The van der Waals surface area contributed by atoms with Crippen LogP contribution >= 0.6 is 11.3 Å². The standard InChI is InChI=1S/C20H22F3N5OS/c21-20(22,23)29-15-5-1-4-14(12-15)16-13-28-17(25-16)30-18(26-28)27-10-3-7-19(8-11-27)6-2-9-24-19/h1,4-5,12-13,24H,2-3,6-11H2. The smallest absolute Gasteiger partial charge is 0.406 e. The number of rotatable bonds is 3. The SMILES string of the molecule is FC(F)(F)Oc1cccc(-c2cn3nc(N4CCCC5(CCCN5)CC4)sc3n2)c1. The van der Waals surface area contributed by atoms with Crippen LogP contribution in [0.4, 0.5) is 18.3 Å². The molecule has 5 rings (SSSR count). The predicted octanol–water partition coefficient (Wildman–Crippen LogP) is 4.47. The van der Waals surface area contributed by atoms with Crippen LogP contribution in [0.15, 0.2) is 30.5 Å². The second kappa shape index (κ2) is 7.42. The molecule has 10 heteroatoms. The molecule has 1 atom stereocenters. The number of hydrogen-bond donors (Lipinski definition) is 1. The van der Waals surface area contributed by atoms with E-state index in [4.69, 9.17) is 0 Å². The quantitative estimate of drug-likeness (QED) is 0.655. The monoisotopic (exact) mass is 437 g/mol. The molecule has 2 fully saturated rings. The molecule has 6 nitrogen and oxygen atoms in total. The van der Waals surface area contributed by atoms with E-state index in [1.54, 1.807) is 16.8 Å². The Balaban J connectivity index is 1.34. The molecule has 0 saturated carbocycles. The summed E-state index contributed by atoms with van der Waals surface area (Å²) >= 11 is 1.51. The molecule has 30 heavy (non-hydrogen) atoms.